The Morgan fingerprint density at radius 2 is 2.00 bits per heavy atom. The van der Waals surface area contributed by atoms with Crippen molar-refractivity contribution >= 4 is 34.7 Å². The zero-order valence-corrected chi connectivity index (χ0v) is 18.2. The van der Waals surface area contributed by atoms with Crippen LogP contribution in [0.1, 0.15) is 46.0 Å². The van der Waals surface area contributed by atoms with Gasteiger partial charge in [-0.2, -0.15) is 0 Å². The minimum Gasteiger partial charge on any atom is -0.366 e. The third-order valence-electron chi connectivity index (χ3n) is 6.11. The van der Waals surface area contributed by atoms with Crippen LogP contribution < -0.4 is 20.9 Å². The molecule has 9 nitrogen and oxygen atoms in total. The summed E-state index contributed by atoms with van der Waals surface area (Å²) >= 11 is 0. The number of fused-ring (bicyclic) bond motifs is 3. The Bertz CT molecular complexity index is 1360. The summed E-state index contributed by atoms with van der Waals surface area (Å²) in [4.78, 5) is 31.7. The third kappa shape index (κ3) is 3.75. The standard InChI is InChI=1S/C24H25N7O2/c1-13-15-7-5-11-26-20(15)16-6-4-8-17(22(16)31(13)3)27-18-12-19(28-23(32)14-9-10-14)29-30-21(18)24(33)25-2/h4-8,11-14H,9-10H2,1-3H3,(H,25,33)(H2,27,28,29,32)/t13-/m0/s1/i2D3. The van der Waals surface area contributed by atoms with E-state index in [2.05, 4.69) is 37.6 Å². The molecule has 1 atom stereocenters. The number of nitrogens with one attached hydrogen (secondary N) is 3. The topological polar surface area (TPSA) is 112 Å². The van der Waals surface area contributed by atoms with Gasteiger partial charge in [0.15, 0.2) is 11.5 Å². The SMILES string of the molecule is [2H]C([2H])([2H])NC(=O)c1nnc(NC(=O)C2CC2)cc1Nc1cccc2c1N(C)[C@@H](C)c1cccnc1-2. The summed E-state index contributed by atoms with van der Waals surface area (Å²) in [5.41, 5.74) is 4.39. The highest BCUT2D eigenvalue weighted by Crippen LogP contribution is 2.47. The molecule has 33 heavy (non-hydrogen) atoms. The van der Waals surface area contributed by atoms with E-state index < -0.39 is 12.9 Å². The number of amides is 2. The number of aromatic nitrogens is 3. The number of rotatable bonds is 5. The molecule has 168 valence electrons. The number of carbonyl (C=O) groups is 2. The quantitative estimate of drug-likeness (QED) is 0.550. The third-order valence-corrected chi connectivity index (χ3v) is 6.11. The van der Waals surface area contributed by atoms with Gasteiger partial charge < -0.3 is 20.9 Å². The maximum absolute atomic E-state index is 12.8. The average molecular weight is 447 g/mol. The van der Waals surface area contributed by atoms with E-state index in [-0.39, 0.29) is 35.1 Å². The number of hydrogen-bond acceptors (Lipinski definition) is 7. The second-order valence-electron chi connectivity index (χ2n) is 8.26. The van der Waals surface area contributed by atoms with Gasteiger partial charge in [0.2, 0.25) is 5.91 Å². The predicted octanol–water partition coefficient (Wildman–Crippen LogP) is 3.50. The lowest BCUT2D eigenvalue weighted by molar-refractivity contribution is -0.117. The van der Waals surface area contributed by atoms with Gasteiger partial charge >= 0.3 is 0 Å². The van der Waals surface area contributed by atoms with Crippen molar-refractivity contribution in [2.75, 3.05) is 29.6 Å². The van der Waals surface area contributed by atoms with Gasteiger partial charge in [-0.15, -0.1) is 10.2 Å². The highest BCUT2D eigenvalue weighted by molar-refractivity contribution is 6.01. The minimum absolute atomic E-state index is 0.0337. The summed E-state index contributed by atoms with van der Waals surface area (Å²) in [6.45, 7) is -0.624. The minimum atomic E-state index is -2.70. The molecule has 0 bridgehead atoms. The van der Waals surface area contributed by atoms with Crippen molar-refractivity contribution in [2.45, 2.75) is 25.8 Å². The van der Waals surface area contributed by atoms with Crippen LogP contribution in [-0.4, -0.2) is 41.0 Å². The predicted molar refractivity (Wildman–Crippen MR) is 127 cm³/mol. The van der Waals surface area contributed by atoms with Crippen LogP contribution in [0, 0.1) is 5.92 Å². The fourth-order valence-corrected chi connectivity index (χ4v) is 4.09. The molecule has 1 aliphatic heterocycles. The number of pyridine rings is 1. The molecule has 0 saturated heterocycles. The Hall–Kier alpha value is -4.01. The van der Waals surface area contributed by atoms with Gasteiger partial charge in [0, 0.05) is 47.4 Å². The number of para-hydroxylation sites is 1. The Kier molecular flexibility index (Phi) is 4.34. The smallest absolute Gasteiger partial charge is 0.273 e. The first kappa shape index (κ1) is 17.5. The normalized spacial score (nSPS) is 18.2. The molecule has 0 radical (unpaired) electrons. The summed E-state index contributed by atoms with van der Waals surface area (Å²) in [5, 5.41) is 15.8. The first-order chi connectivity index (χ1) is 17.1. The van der Waals surface area contributed by atoms with Gasteiger partial charge in [0.1, 0.15) is 0 Å². The summed E-state index contributed by atoms with van der Waals surface area (Å²) in [7, 11) is 1.97. The van der Waals surface area contributed by atoms with Crippen LogP contribution in [0.3, 0.4) is 0 Å². The molecule has 9 heteroatoms. The highest BCUT2D eigenvalue weighted by atomic mass is 16.2. The van der Waals surface area contributed by atoms with Crippen molar-refractivity contribution in [1.82, 2.24) is 20.5 Å². The largest absolute Gasteiger partial charge is 0.366 e. The second kappa shape index (κ2) is 8.16. The number of nitrogens with zero attached hydrogens (tertiary/aromatic N) is 4. The number of anilines is 4. The first-order valence-electron chi connectivity index (χ1n) is 12.2. The molecular weight excluding hydrogens is 418 g/mol. The lowest BCUT2D eigenvalue weighted by atomic mass is 9.92. The second-order valence-corrected chi connectivity index (χ2v) is 8.26. The van der Waals surface area contributed by atoms with E-state index >= 15 is 0 Å². The summed E-state index contributed by atoms with van der Waals surface area (Å²) in [5.74, 6) is -0.962. The first-order valence-corrected chi connectivity index (χ1v) is 10.7. The summed E-state index contributed by atoms with van der Waals surface area (Å²) in [6, 6.07) is 11.2. The fourth-order valence-electron chi connectivity index (χ4n) is 4.09. The molecule has 0 spiro atoms. The van der Waals surface area contributed by atoms with Crippen molar-refractivity contribution in [3.63, 3.8) is 0 Å². The van der Waals surface area contributed by atoms with Crippen LogP contribution >= 0.6 is 0 Å². The van der Waals surface area contributed by atoms with Crippen LogP contribution in [0.4, 0.5) is 22.9 Å². The van der Waals surface area contributed by atoms with Crippen molar-refractivity contribution in [3.05, 3.63) is 53.9 Å². The number of carbonyl (C=O) groups excluding carboxylic acids is 2. The van der Waals surface area contributed by atoms with E-state index in [9.17, 15) is 9.59 Å². The van der Waals surface area contributed by atoms with Crippen molar-refractivity contribution in [1.29, 1.82) is 0 Å². The van der Waals surface area contributed by atoms with Gasteiger partial charge in [0.05, 0.1) is 28.8 Å². The van der Waals surface area contributed by atoms with E-state index in [4.69, 9.17) is 4.11 Å². The van der Waals surface area contributed by atoms with E-state index in [1.54, 1.807) is 6.20 Å². The van der Waals surface area contributed by atoms with Crippen molar-refractivity contribution < 1.29 is 13.7 Å². The lowest BCUT2D eigenvalue weighted by Gasteiger charge is -2.36. The van der Waals surface area contributed by atoms with Gasteiger partial charge in [-0.1, -0.05) is 18.2 Å². The van der Waals surface area contributed by atoms with E-state index in [0.29, 0.717) is 5.69 Å². The van der Waals surface area contributed by atoms with Crippen LogP contribution in [0.5, 0.6) is 0 Å². The summed E-state index contributed by atoms with van der Waals surface area (Å²) in [6.07, 6.45) is 3.39. The molecule has 2 aliphatic rings. The van der Waals surface area contributed by atoms with E-state index in [1.807, 2.05) is 42.7 Å². The average Bonchev–Trinajstić information content (AvgIpc) is 3.67. The Balaban J connectivity index is 1.57. The molecule has 2 aromatic heterocycles. The molecule has 1 fully saturated rings. The van der Waals surface area contributed by atoms with Gasteiger partial charge in [0.25, 0.3) is 5.91 Å². The van der Waals surface area contributed by atoms with Crippen LogP contribution in [0.15, 0.2) is 42.6 Å². The van der Waals surface area contributed by atoms with Gasteiger partial charge in [-0.25, -0.2) is 0 Å². The van der Waals surface area contributed by atoms with Crippen LogP contribution in [0.2, 0.25) is 0 Å². The van der Waals surface area contributed by atoms with Crippen LogP contribution in [-0.2, 0) is 4.79 Å². The summed E-state index contributed by atoms with van der Waals surface area (Å²) < 4.78 is 22.2. The molecule has 1 saturated carbocycles. The molecule has 3 aromatic rings. The van der Waals surface area contributed by atoms with Gasteiger partial charge in [-0.3, -0.25) is 14.6 Å². The molecular formula is C24H25N7O2. The monoisotopic (exact) mass is 446 g/mol. The Labute approximate surface area is 195 Å². The molecule has 3 N–H and O–H groups in total. The fraction of sp³-hybridized carbons (Fsp3) is 0.292. The number of hydrogen-bond donors (Lipinski definition) is 3. The van der Waals surface area contributed by atoms with Gasteiger partial charge in [-0.05, 0) is 31.9 Å². The molecule has 1 aliphatic carbocycles. The highest BCUT2D eigenvalue weighted by Gasteiger charge is 2.31. The molecule has 5 rings (SSSR count). The molecule has 1 aromatic carbocycles. The Morgan fingerprint density at radius 1 is 1.15 bits per heavy atom. The van der Waals surface area contributed by atoms with Crippen molar-refractivity contribution in [2.24, 2.45) is 5.92 Å². The zero-order valence-electron chi connectivity index (χ0n) is 21.2. The molecule has 2 amide bonds. The zero-order chi connectivity index (χ0) is 25.6. The van der Waals surface area contributed by atoms with E-state index in [0.717, 1.165) is 35.3 Å². The number of benzene rings is 1. The maximum Gasteiger partial charge on any atom is 0.273 e. The van der Waals surface area contributed by atoms with Crippen molar-refractivity contribution in [3.8, 4) is 11.3 Å². The van der Waals surface area contributed by atoms with E-state index in [1.165, 1.54) is 6.07 Å². The molecule has 0 unspecified atom stereocenters. The van der Waals surface area contributed by atoms with Crippen LogP contribution in [0.25, 0.3) is 11.3 Å². The Morgan fingerprint density at radius 3 is 2.79 bits per heavy atom. The maximum atomic E-state index is 12.8. The molecule has 3 heterocycles. The lowest BCUT2D eigenvalue weighted by Crippen LogP contribution is -2.27.